The predicted molar refractivity (Wildman–Crippen MR) is 292 cm³/mol. The summed E-state index contributed by atoms with van der Waals surface area (Å²) in [6, 6.07) is -4.76. The first kappa shape index (κ1) is 79.5. The molecule has 0 aromatic carbocycles. The van der Waals surface area contributed by atoms with E-state index in [4.69, 9.17) is 53.1 Å². The maximum absolute atomic E-state index is 13.5. The summed E-state index contributed by atoms with van der Waals surface area (Å²) in [5.41, 5.74) is 6.20. The van der Waals surface area contributed by atoms with Crippen molar-refractivity contribution in [2.75, 3.05) is 39.6 Å². The maximum Gasteiger partial charge on any atom is 1.00 e. The van der Waals surface area contributed by atoms with Crippen molar-refractivity contribution in [3.8, 4) is 0 Å². The van der Waals surface area contributed by atoms with Gasteiger partial charge in [0, 0.05) is 20.3 Å². The minimum atomic E-state index is -3.47. The molecule has 0 aromatic heterocycles. The van der Waals surface area contributed by atoms with Gasteiger partial charge in [-0.05, 0) is 12.8 Å². The molecule has 5 aliphatic heterocycles. The van der Waals surface area contributed by atoms with Crippen molar-refractivity contribution in [3.05, 3.63) is 12.2 Å². The van der Waals surface area contributed by atoms with Crippen LogP contribution in [0.1, 0.15) is 104 Å². The number of carboxylic acids is 1. The van der Waals surface area contributed by atoms with Crippen LogP contribution in [0.2, 0.25) is 0 Å². The van der Waals surface area contributed by atoms with Gasteiger partial charge in [0.15, 0.2) is 25.2 Å². The fourth-order valence-corrected chi connectivity index (χ4v) is 11.3. The second kappa shape index (κ2) is 38.6. The maximum atomic E-state index is 13.5. The van der Waals surface area contributed by atoms with Crippen molar-refractivity contribution in [1.29, 1.82) is 0 Å². The van der Waals surface area contributed by atoms with Crippen LogP contribution in [0.25, 0.3) is 0 Å². The van der Waals surface area contributed by atoms with Crippen molar-refractivity contribution in [2.45, 2.75) is 275 Å². The number of aliphatic hydroxyl groups excluding tert-OH is 16. The van der Waals surface area contributed by atoms with Gasteiger partial charge in [-0.1, -0.05) is 83.3 Å². The number of hydrogen-bond acceptors (Lipinski definition) is 31. The number of nitrogens with one attached hydrogen (secondary N) is 2. The number of unbranched alkanes of at least 4 members (excludes halogenated alkanes) is 11. The number of amides is 2. The van der Waals surface area contributed by atoms with E-state index >= 15 is 0 Å². The Morgan fingerprint density at radius 3 is 1.64 bits per heavy atom. The van der Waals surface area contributed by atoms with Crippen LogP contribution in [-0.2, 0) is 61.8 Å². The van der Waals surface area contributed by atoms with Gasteiger partial charge in [0.1, 0.15) is 122 Å². The molecule has 5 rings (SSSR count). The van der Waals surface area contributed by atoms with Gasteiger partial charge in [0.2, 0.25) is 17.6 Å². The fraction of sp³-hybridized carbons (Fsp3) is 0.909. The van der Waals surface area contributed by atoms with Crippen molar-refractivity contribution >= 4 is 17.8 Å². The largest absolute Gasteiger partial charge is 1.00 e. The minimum absolute atomic E-state index is 0. The molecule has 0 aliphatic carbocycles. The number of rotatable bonds is 35. The van der Waals surface area contributed by atoms with Crippen LogP contribution in [0.4, 0.5) is 0 Å². The van der Waals surface area contributed by atoms with Gasteiger partial charge < -0.3 is 155 Å². The van der Waals surface area contributed by atoms with Gasteiger partial charge in [-0.15, -0.1) is 0 Å². The molecule has 0 unspecified atom stereocenters. The van der Waals surface area contributed by atoms with Crippen LogP contribution < -0.4 is 51.0 Å². The van der Waals surface area contributed by atoms with Gasteiger partial charge in [0.05, 0.1) is 63.9 Å². The van der Waals surface area contributed by atoms with E-state index in [0.717, 1.165) is 39.5 Å². The van der Waals surface area contributed by atoms with E-state index in [1.807, 2.05) is 0 Å². The average Bonchev–Trinajstić information content (AvgIpc) is 1.10. The molecule has 512 valence electrons. The van der Waals surface area contributed by atoms with E-state index < -0.39 is 235 Å². The number of allylic oxidation sites excluding steroid dienone is 1. The Balaban J connectivity index is 0.0000169. The summed E-state index contributed by atoms with van der Waals surface area (Å²) in [4.78, 5) is 38.8. The zero-order valence-corrected chi connectivity index (χ0v) is 52.6. The molecule has 5 aliphatic rings. The monoisotopic (exact) mass is 1300 g/mol. The molecule has 0 bridgehead atoms. The molecule has 0 spiro atoms. The SMILES string of the molecule is CCCCCCCCCCCCC/C=C/[C@@H](O)[C@@H](N)CO[C@@H]1O[C@H](CO)[C@@H](O[C@@H]2O[C@H](CO)[C@H](O[C@@H]3O[C@H](CO)[C@H](O)[C@H](O[C@@H]4O[C@H](CO)[C@H](O)[C@H](O)[C@H]4O)[C@H]3NC(C)=O)[C@H](O[C@]3(C(=O)[O-])C[C@H](O)[C@@H](NC(C)=O)[C@H]([C@H](O)[C@H](O)CO)O3)[C@H]2O)[C@H](O)[C@H]1O.[Na+]. The summed E-state index contributed by atoms with van der Waals surface area (Å²) in [7, 11) is 0. The van der Waals surface area contributed by atoms with E-state index in [-0.39, 0.29) is 29.6 Å². The zero-order chi connectivity index (χ0) is 65.2. The predicted octanol–water partition coefficient (Wildman–Crippen LogP) is -11.8. The quantitative estimate of drug-likeness (QED) is 0.0159. The third-order valence-electron chi connectivity index (χ3n) is 16.3. The summed E-state index contributed by atoms with van der Waals surface area (Å²) in [6.45, 7) is -1.85. The van der Waals surface area contributed by atoms with E-state index in [1.165, 1.54) is 51.0 Å². The molecule has 20 N–H and O–H groups in total. The Bertz CT molecular complexity index is 2100. The number of ether oxygens (including phenoxy) is 10. The number of carbonyl (C=O) groups excluding carboxylic acids is 3. The number of aliphatic carboxylic acids is 1. The zero-order valence-electron chi connectivity index (χ0n) is 50.6. The first-order valence-electron chi connectivity index (χ1n) is 30.1. The van der Waals surface area contributed by atoms with E-state index in [9.17, 15) is 101 Å². The normalized spacial score (nSPS) is 39.1. The molecule has 28 atom stereocenters. The molecule has 33 nitrogen and oxygen atoms in total. The van der Waals surface area contributed by atoms with Crippen LogP contribution in [-0.4, -0.2) is 310 Å². The number of carbonyl (C=O) groups is 3. The molecular formula is C55H96N3NaO30. The average molecular weight is 1300 g/mol. The molecule has 89 heavy (non-hydrogen) atoms. The summed E-state index contributed by atoms with van der Waals surface area (Å²) < 4.78 is 58.7. The molecule has 0 radical (unpaired) electrons. The molecule has 2 amide bonds. The molecule has 5 heterocycles. The van der Waals surface area contributed by atoms with Gasteiger partial charge in [-0.2, -0.15) is 0 Å². The molecular weight excluding hydrogens is 1210 g/mol. The van der Waals surface area contributed by atoms with Crippen molar-refractivity contribution < 1.29 is 178 Å². The second-order valence-corrected chi connectivity index (χ2v) is 23.0. The number of hydrogen-bond donors (Lipinski definition) is 19. The first-order valence-corrected chi connectivity index (χ1v) is 30.1. The Hall–Kier alpha value is -1.93. The summed E-state index contributed by atoms with van der Waals surface area (Å²) in [5, 5.41) is 193. The summed E-state index contributed by atoms with van der Waals surface area (Å²) in [5.74, 6) is -7.67. The third-order valence-corrected chi connectivity index (χ3v) is 16.3. The fourth-order valence-electron chi connectivity index (χ4n) is 11.3. The third kappa shape index (κ3) is 21.3. The smallest absolute Gasteiger partial charge is 0.544 e. The minimum Gasteiger partial charge on any atom is -0.544 e. The van der Waals surface area contributed by atoms with Gasteiger partial charge in [-0.3, -0.25) is 9.59 Å². The van der Waals surface area contributed by atoms with Crippen LogP contribution >= 0.6 is 0 Å². The molecule has 5 fully saturated rings. The van der Waals surface area contributed by atoms with Crippen LogP contribution in [0.15, 0.2) is 12.2 Å². The summed E-state index contributed by atoms with van der Waals surface area (Å²) in [6.07, 6.45) is -33.4. The van der Waals surface area contributed by atoms with Crippen LogP contribution in [0, 0.1) is 0 Å². The number of aliphatic hydroxyl groups is 16. The molecule has 5 saturated heterocycles. The van der Waals surface area contributed by atoms with E-state index in [1.54, 1.807) is 6.08 Å². The number of nitrogens with two attached hydrogens (primary N) is 1. The second-order valence-electron chi connectivity index (χ2n) is 23.0. The van der Waals surface area contributed by atoms with Crippen molar-refractivity contribution in [2.24, 2.45) is 5.73 Å². The Kier molecular flexibility index (Phi) is 34.5. The molecule has 0 saturated carbocycles. The standard InChI is InChI=1S/C55H97N3O30.Na/c1-4-5-6-7-8-9-10-11-12-13-14-15-16-17-28(66)27(56)24-79-51-43(75)41(73)45(33(22-62)82-51)84-53-44(76)49(88-55(54(77)78)18-29(67)35(57-25(2)64)48(87-55)37(69)30(68)19-59)46(34(23-63)83-53)85-50-36(58-26(3)65)47(39(71)32(21-61)80-50)86-52-42(74)40(72)38(70)31(20-60)81-52;/h16-17,27-53,59-63,66-76H,4-15,18-24,56H2,1-3H3,(H,57,64)(H,58,65)(H,77,78);/q;+1/p-1/b17-16+;/t27-,28+,29-,30+,31+,32+,33+,34+,35+,36+,37+,38-,39-,40-,41+,42+,43+,44+,45+,46-,47+,48+,49+,50-,51+,52-,53-,55-;/m0./s1. The van der Waals surface area contributed by atoms with E-state index in [2.05, 4.69) is 17.6 Å². The van der Waals surface area contributed by atoms with Crippen molar-refractivity contribution in [3.63, 3.8) is 0 Å². The number of carboxylic acid groups (broad SMARTS) is 1. The van der Waals surface area contributed by atoms with E-state index in [0.29, 0.717) is 6.42 Å². The topological polar surface area (TPSA) is 540 Å². The summed E-state index contributed by atoms with van der Waals surface area (Å²) >= 11 is 0. The Morgan fingerprint density at radius 2 is 1.08 bits per heavy atom. The molecule has 0 aromatic rings. The molecule has 34 heteroatoms. The Morgan fingerprint density at radius 1 is 0.596 bits per heavy atom. The van der Waals surface area contributed by atoms with Crippen LogP contribution in [0.5, 0.6) is 0 Å². The van der Waals surface area contributed by atoms with Gasteiger partial charge >= 0.3 is 29.6 Å². The van der Waals surface area contributed by atoms with Crippen LogP contribution in [0.3, 0.4) is 0 Å². The Labute approximate surface area is 537 Å². The first-order chi connectivity index (χ1) is 41.8. The van der Waals surface area contributed by atoms with Gasteiger partial charge in [0.25, 0.3) is 0 Å². The van der Waals surface area contributed by atoms with Gasteiger partial charge in [-0.25, -0.2) is 0 Å². The van der Waals surface area contributed by atoms with Crippen molar-refractivity contribution in [1.82, 2.24) is 10.6 Å².